The summed E-state index contributed by atoms with van der Waals surface area (Å²) in [7, 11) is 1.97. The molecule has 1 amide bonds. The molecule has 1 rings (SSSR count). The molecule has 3 heteroatoms. The lowest BCUT2D eigenvalue weighted by Crippen LogP contribution is -2.50. The van der Waals surface area contributed by atoms with Crippen LogP contribution in [-0.2, 0) is 4.79 Å². The Hall–Kier alpha value is -0.570. The lowest BCUT2D eigenvalue weighted by Gasteiger charge is -2.37. The van der Waals surface area contributed by atoms with E-state index in [0.29, 0.717) is 11.9 Å². The Labute approximate surface area is 99.6 Å². The van der Waals surface area contributed by atoms with E-state index in [1.54, 1.807) is 0 Å². The van der Waals surface area contributed by atoms with Crippen LogP contribution in [0.5, 0.6) is 0 Å². The molecule has 1 aliphatic heterocycles. The molecule has 1 heterocycles. The van der Waals surface area contributed by atoms with Gasteiger partial charge in [0.2, 0.25) is 5.91 Å². The van der Waals surface area contributed by atoms with Crippen LogP contribution in [0.4, 0.5) is 0 Å². The average Bonchev–Trinajstić information content (AvgIpc) is 2.31. The molecular weight excluding hydrogens is 200 g/mol. The van der Waals surface area contributed by atoms with E-state index in [-0.39, 0.29) is 5.92 Å². The van der Waals surface area contributed by atoms with Gasteiger partial charge in [0, 0.05) is 25.0 Å². The van der Waals surface area contributed by atoms with Crippen molar-refractivity contribution in [2.75, 3.05) is 20.1 Å². The zero-order chi connectivity index (χ0) is 12.0. The van der Waals surface area contributed by atoms with Crippen molar-refractivity contribution in [1.29, 1.82) is 0 Å². The predicted octanol–water partition coefficient (Wildman–Crippen LogP) is 2.02. The number of rotatable bonds is 5. The van der Waals surface area contributed by atoms with Crippen LogP contribution < -0.4 is 5.32 Å². The number of amides is 1. The Balaban J connectivity index is 2.62. The van der Waals surface area contributed by atoms with Crippen LogP contribution in [0.15, 0.2) is 0 Å². The lowest BCUT2D eigenvalue weighted by molar-refractivity contribution is -0.139. The zero-order valence-electron chi connectivity index (χ0n) is 11.0. The van der Waals surface area contributed by atoms with Crippen LogP contribution in [-0.4, -0.2) is 37.0 Å². The fraction of sp³-hybridized carbons (Fsp3) is 0.923. The number of hydrogen-bond donors (Lipinski definition) is 1. The second-order valence-corrected chi connectivity index (χ2v) is 4.75. The molecule has 0 aromatic carbocycles. The summed E-state index contributed by atoms with van der Waals surface area (Å²) in [4.78, 5) is 14.5. The molecule has 0 aliphatic carbocycles. The van der Waals surface area contributed by atoms with E-state index in [2.05, 4.69) is 24.1 Å². The van der Waals surface area contributed by atoms with E-state index in [9.17, 15) is 4.79 Å². The molecule has 16 heavy (non-hydrogen) atoms. The van der Waals surface area contributed by atoms with Crippen molar-refractivity contribution >= 4 is 5.91 Å². The topological polar surface area (TPSA) is 32.3 Å². The number of carbonyl (C=O) groups excluding carboxylic acids is 1. The monoisotopic (exact) mass is 226 g/mol. The lowest BCUT2D eigenvalue weighted by atomic mass is 9.96. The summed E-state index contributed by atoms with van der Waals surface area (Å²) in [6, 6.07) is 0.423. The van der Waals surface area contributed by atoms with Gasteiger partial charge in [-0.05, 0) is 39.2 Å². The maximum Gasteiger partial charge on any atom is 0.225 e. The highest BCUT2D eigenvalue weighted by molar-refractivity contribution is 5.79. The molecule has 0 aromatic heterocycles. The van der Waals surface area contributed by atoms with Gasteiger partial charge in [-0.2, -0.15) is 0 Å². The summed E-state index contributed by atoms with van der Waals surface area (Å²) >= 11 is 0. The van der Waals surface area contributed by atoms with Crippen molar-refractivity contribution in [3.63, 3.8) is 0 Å². The molecule has 94 valence electrons. The number of carbonyl (C=O) groups is 1. The Bertz CT molecular complexity index is 212. The molecule has 0 bridgehead atoms. The van der Waals surface area contributed by atoms with Crippen molar-refractivity contribution in [3.05, 3.63) is 0 Å². The zero-order valence-corrected chi connectivity index (χ0v) is 11.0. The molecule has 0 aromatic rings. The first-order valence-corrected chi connectivity index (χ1v) is 6.69. The number of piperidine rings is 1. The van der Waals surface area contributed by atoms with Gasteiger partial charge in [0.25, 0.3) is 0 Å². The summed E-state index contributed by atoms with van der Waals surface area (Å²) in [6.07, 6.45) is 5.54. The largest absolute Gasteiger partial charge is 0.338 e. The van der Waals surface area contributed by atoms with E-state index in [1.165, 1.54) is 12.8 Å². The van der Waals surface area contributed by atoms with Crippen LogP contribution in [0.2, 0.25) is 0 Å². The molecule has 1 aliphatic rings. The SMILES string of the molecule is CCC(CC)C(=O)N1CCCCC1CNC. The Morgan fingerprint density at radius 3 is 2.62 bits per heavy atom. The van der Waals surface area contributed by atoms with Gasteiger partial charge in [-0.15, -0.1) is 0 Å². The molecule has 3 nitrogen and oxygen atoms in total. The van der Waals surface area contributed by atoms with Crippen molar-refractivity contribution in [2.45, 2.75) is 52.0 Å². The van der Waals surface area contributed by atoms with Crippen LogP contribution in [0.25, 0.3) is 0 Å². The van der Waals surface area contributed by atoms with E-state index in [4.69, 9.17) is 0 Å². The molecule has 1 atom stereocenters. The van der Waals surface area contributed by atoms with Gasteiger partial charge in [-0.25, -0.2) is 0 Å². The van der Waals surface area contributed by atoms with E-state index < -0.39 is 0 Å². The molecule has 1 N–H and O–H groups in total. The van der Waals surface area contributed by atoms with E-state index in [0.717, 1.165) is 32.4 Å². The molecular formula is C13H26N2O. The van der Waals surface area contributed by atoms with Gasteiger partial charge in [0.15, 0.2) is 0 Å². The van der Waals surface area contributed by atoms with Gasteiger partial charge < -0.3 is 10.2 Å². The summed E-state index contributed by atoms with van der Waals surface area (Å²) in [5, 5.41) is 3.20. The van der Waals surface area contributed by atoms with Crippen molar-refractivity contribution in [2.24, 2.45) is 5.92 Å². The quantitative estimate of drug-likeness (QED) is 0.778. The smallest absolute Gasteiger partial charge is 0.225 e. The van der Waals surface area contributed by atoms with Gasteiger partial charge in [-0.3, -0.25) is 4.79 Å². The molecule has 0 saturated carbocycles. The minimum absolute atomic E-state index is 0.234. The van der Waals surface area contributed by atoms with Crippen molar-refractivity contribution in [3.8, 4) is 0 Å². The highest BCUT2D eigenvalue weighted by Crippen LogP contribution is 2.21. The number of likely N-dealkylation sites (N-methyl/N-ethyl adjacent to an activating group) is 1. The summed E-state index contributed by atoms with van der Waals surface area (Å²) < 4.78 is 0. The first kappa shape index (κ1) is 13.5. The summed E-state index contributed by atoms with van der Waals surface area (Å²) in [5.74, 6) is 0.613. The van der Waals surface area contributed by atoms with Crippen LogP contribution in [0.1, 0.15) is 46.0 Å². The number of nitrogens with zero attached hydrogens (tertiary/aromatic N) is 1. The van der Waals surface area contributed by atoms with Gasteiger partial charge in [0.05, 0.1) is 0 Å². The first-order chi connectivity index (χ1) is 7.74. The summed E-state index contributed by atoms with van der Waals surface area (Å²) in [6.45, 7) is 6.12. The Kier molecular flexibility index (Phi) is 5.81. The Morgan fingerprint density at radius 1 is 1.38 bits per heavy atom. The van der Waals surface area contributed by atoms with Crippen molar-refractivity contribution in [1.82, 2.24) is 10.2 Å². The maximum absolute atomic E-state index is 12.3. The Morgan fingerprint density at radius 2 is 2.06 bits per heavy atom. The minimum atomic E-state index is 0.234. The molecule has 0 radical (unpaired) electrons. The highest BCUT2D eigenvalue weighted by atomic mass is 16.2. The van der Waals surface area contributed by atoms with Crippen LogP contribution >= 0.6 is 0 Å². The standard InChI is InChI=1S/C13H26N2O/c1-4-11(5-2)13(16)15-9-7-6-8-12(15)10-14-3/h11-12,14H,4-10H2,1-3H3. The third-order valence-electron chi connectivity index (χ3n) is 3.68. The average molecular weight is 226 g/mol. The normalized spacial score (nSPS) is 21.5. The highest BCUT2D eigenvalue weighted by Gasteiger charge is 2.29. The maximum atomic E-state index is 12.3. The third-order valence-corrected chi connectivity index (χ3v) is 3.68. The second-order valence-electron chi connectivity index (χ2n) is 4.75. The third kappa shape index (κ3) is 3.21. The van der Waals surface area contributed by atoms with Crippen LogP contribution in [0, 0.1) is 5.92 Å². The predicted molar refractivity (Wildman–Crippen MR) is 67.4 cm³/mol. The van der Waals surface area contributed by atoms with Gasteiger partial charge in [0.1, 0.15) is 0 Å². The van der Waals surface area contributed by atoms with E-state index >= 15 is 0 Å². The number of nitrogens with one attached hydrogen (secondary N) is 1. The first-order valence-electron chi connectivity index (χ1n) is 6.69. The molecule has 0 spiro atoms. The minimum Gasteiger partial charge on any atom is -0.338 e. The second kappa shape index (κ2) is 6.89. The van der Waals surface area contributed by atoms with Crippen molar-refractivity contribution < 1.29 is 4.79 Å². The van der Waals surface area contributed by atoms with E-state index in [1.807, 2.05) is 7.05 Å². The number of hydrogen-bond acceptors (Lipinski definition) is 2. The molecule has 1 fully saturated rings. The van der Waals surface area contributed by atoms with Gasteiger partial charge >= 0.3 is 0 Å². The van der Waals surface area contributed by atoms with Crippen LogP contribution in [0.3, 0.4) is 0 Å². The summed E-state index contributed by atoms with van der Waals surface area (Å²) in [5.41, 5.74) is 0. The fourth-order valence-electron chi connectivity index (χ4n) is 2.61. The van der Waals surface area contributed by atoms with Gasteiger partial charge in [-0.1, -0.05) is 13.8 Å². The number of likely N-dealkylation sites (tertiary alicyclic amines) is 1. The fourth-order valence-corrected chi connectivity index (χ4v) is 2.61. The molecule has 1 unspecified atom stereocenters. The molecule has 1 saturated heterocycles.